The Kier molecular flexibility index (Phi) is 1.32. The third kappa shape index (κ3) is 0.877. The summed E-state index contributed by atoms with van der Waals surface area (Å²) in [5, 5.41) is -0.224. The lowest BCUT2D eigenvalue weighted by atomic mass is 10.5. The van der Waals surface area contributed by atoms with Gasteiger partial charge in [0.25, 0.3) is 0 Å². The highest BCUT2D eigenvalue weighted by atomic mass is 32.1. The second-order valence-corrected chi connectivity index (χ2v) is 2.28. The molecule has 1 rings (SSSR count). The lowest BCUT2D eigenvalue weighted by Crippen LogP contribution is -1.50. The number of thiophene rings is 1. The molecular formula is C6H3FS. The number of terminal acetylenes is 1. The zero-order valence-electron chi connectivity index (χ0n) is 4.02. The molecule has 0 saturated carbocycles. The van der Waals surface area contributed by atoms with Crippen LogP contribution in [0.3, 0.4) is 0 Å². The molecule has 40 valence electrons. The van der Waals surface area contributed by atoms with Crippen molar-refractivity contribution in [1.82, 2.24) is 0 Å². The zero-order chi connectivity index (χ0) is 5.98. The number of hydrogen-bond acceptors (Lipinski definition) is 1. The van der Waals surface area contributed by atoms with Crippen molar-refractivity contribution in [2.45, 2.75) is 0 Å². The lowest BCUT2D eigenvalue weighted by molar-refractivity contribution is 0.657. The molecule has 0 amide bonds. The van der Waals surface area contributed by atoms with Gasteiger partial charge in [-0.05, 0) is 12.1 Å². The molecule has 0 bridgehead atoms. The summed E-state index contributed by atoms with van der Waals surface area (Å²) in [6.07, 6.45) is 4.96. The van der Waals surface area contributed by atoms with Gasteiger partial charge >= 0.3 is 0 Å². The molecule has 1 heterocycles. The van der Waals surface area contributed by atoms with E-state index in [2.05, 4.69) is 5.92 Å². The molecule has 2 heteroatoms. The molecule has 8 heavy (non-hydrogen) atoms. The van der Waals surface area contributed by atoms with E-state index in [-0.39, 0.29) is 5.13 Å². The van der Waals surface area contributed by atoms with Crippen LogP contribution in [0.25, 0.3) is 0 Å². The minimum Gasteiger partial charge on any atom is -0.195 e. The van der Waals surface area contributed by atoms with Crippen LogP contribution in [0.15, 0.2) is 12.1 Å². The first-order valence-electron chi connectivity index (χ1n) is 2.05. The highest BCUT2D eigenvalue weighted by molar-refractivity contribution is 7.10. The largest absolute Gasteiger partial charge is 0.195 e. The Balaban J connectivity index is 3.05. The van der Waals surface area contributed by atoms with Crippen LogP contribution in [-0.2, 0) is 0 Å². The fourth-order valence-electron chi connectivity index (χ4n) is 0.392. The van der Waals surface area contributed by atoms with Crippen molar-refractivity contribution in [3.8, 4) is 12.3 Å². The Bertz CT molecular complexity index is 219. The van der Waals surface area contributed by atoms with E-state index in [0.717, 1.165) is 11.3 Å². The van der Waals surface area contributed by atoms with Gasteiger partial charge in [-0.2, -0.15) is 4.39 Å². The first-order chi connectivity index (χ1) is 3.83. The molecule has 1 aromatic rings. The van der Waals surface area contributed by atoms with E-state index in [1.807, 2.05) is 0 Å². The second kappa shape index (κ2) is 1.97. The summed E-state index contributed by atoms with van der Waals surface area (Å²) in [5.41, 5.74) is 0. The van der Waals surface area contributed by atoms with Crippen molar-refractivity contribution in [2.75, 3.05) is 0 Å². The van der Waals surface area contributed by atoms with Crippen LogP contribution < -0.4 is 0 Å². The number of rotatable bonds is 0. The van der Waals surface area contributed by atoms with Gasteiger partial charge in [0.05, 0.1) is 4.88 Å². The Morgan fingerprint density at radius 3 is 2.62 bits per heavy atom. The molecule has 0 fully saturated rings. The van der Waals surface area contributed by atoms with Gasteiger partial charge in [-0.1, -0.05) is 17.3 Å². The van der Waals surface area contributed by atoms with Crippen LogP contribution in [0, 0.1) is 17.5 Å². The molecule has 0 aromatic carbocycles. The zero-order valence-corrected chi connectivity index (χ0v) is 4.83. The van der Waals surface area contributed by atoms with Gasteiger partial charge in [-0.25, -0.2) is 0 Å². The maximum atomic E-state index is 12.0. The molecule has 0 spiro atoms. The Hall–Kier alpha value is -0.810. The third-order valence-corrected chi connectivity index (χ3v) is 1.52. The van der Waals surface area contributed by atoms with Crippen LogP contribution in [0.2, 0.25) is 0 Å². The molecule has 0 atom stereocenters. The Morgan fingerprint density at radius 2 is 2.38 bits per heavy atom. The van der Waals surface area contributed by atoms with Crippen LogP contribution in [0.4, 0.5) is 4.39 Å². The first kappa shape index (κ1) is 5.33. The average molecular weight is 126 g/mol. The lowest BCUT2D eigenvalue weighted by Gasteiger charge is -1.68. The fourth-order valence-corrected chi connectivity index (χ4v) is 0.933. The van der Waals surface area contributed by atoms with Crippen molar-refractivity contribution in [3.63, 3.8) is 0 Å². The van der Waals surface area contributed by atoms with Crippen molar-refractivity contribution in [1.29, 1.82) is 0 Å². The molecular weight excluding hydrogens is 123 g/mol. The van der Waals surface area contributed by atoms with Crippen LogP contribution in [-0.4, -0.2) is 0 Å². The molecule has 0 nitrogen and oxygen atoms in total. The van der Waals surface area contributed by atoms with Crippen molar-refractivity contribution >= 4 is 11.3 Å². The molecule has 0 saturated heterocycles. The summed E-state index contributed by atoms with van der Waals surface area (Å²) in [6.45, 7) is 0. The summed E-state index contributed by atoms with van der Waals surface area (Å²) in [5.74, 6) is 2.33. The highest BCUT2D eigenvalue weighted by Crippen LogP contribution is 2.11. The van der Waals surface area contributed by atoms with Gasteiger partial charge in [-0.15, -0.1) is 6.42 Å². The monoisotopic (exact) mass is 126 g/mol. The summed E-state index contributed by atoms with van der Waals surface area (Å²) >= 11 is 0.985. The predicted molar refractivity (Wildman–Crippen MR) is 32.2 cm³/mol. The number of halogens is 1. The number of hydrogen-bond donors (Lipinski definition) is 0. The fraction of sp³-hybridized carbons (Fsp3) is 0. The molecule has 0 aliphatic carbocycles. The van der Waals surface area contributed by atoms with Gasteiger partial charge in [0.2, 0.25) is 0 Å². The van der Waals surface area contributed by atoms with Gasteiger partial charge in [0, 0.05) is 0 Å². The third-order valence-electron chi connectivity index (χ3n) is 0.715. The SMILES string of the molecule is C#Cc1ccc(F)s1. The van der Waals surface area contributed by atoms with E-state index in [1.54, 1.807) is 6.07 Å². The molecule has 0 unspecified atom stereocenters. The minimum absolute atomic E-state index is 0.224. The van der Waals surface area contributed by atoms with Gasteiger partial charge in [-0.3, -0.25) is 0 Å². The maximum Gasteiger partial charge on any atom is 0.177 e. The highest BCUT2D eigenvalue weighted by Gasteiger charge is 1.91. The van der Waals surface area contributed by atoms with Crippen molar-refractivity contribution < 1.29 is 4.39 Å². The van der Waals surface area contributed by atoms with E-state index >= 15 is 0 Å². The van der Waals surface area contributed by atoms with Crippen LogP contribution in [0.1, 0.15) is 4.88 Å². The maximum absolute atomic E-state index is 12.0. The smallest absolute Gasteiger partial charge is 0.177 e. The molecule has 0 radical (unpaired) electrons. The molecule has 1 aromatic heterocycles. The summed E-state index contributed by atoms with van der Waals surface area (Å²) < 4.78 is 12.0. The quantitative estimate of drug-likeness (QED) is 0.465. The first-order valence-corrected chi connectivity index (χ1v) is 2.86. The van der Waals surface area contributed by atoms with E-state index < -0.39 is 0 Å². The topological polar surface area (TPSA) is 0 Å². The van der Waals surface area contributed by atoms with E-state index in [9.17, 15) is 4.39 Å². The van der Waals surface area contributed by atoms with Crippen molar-refractivity contribution in [3.05, 3.63) is 22.1 Å². The van der Waals surface area contributed by atoms with Gasteiger partial charge < -0.3 is 0 Å². The summed E-state index contributed by atoms with van der Waals surface area (Å²) in [7, 11) is 0. The second-order valence-electron chi connectivity index (χ2n) is 1.25. The molecule has 0 aliphatic rings. The molecule has 0 N–H and O–H groups in total. The van der Waals surface area contributed by atoms with Crippen LogP contribution in [0.5, 0.6) is 0 Å². The van der Waals surface area contributed by atoms with Gasteiger partial charge in [0.15, 0.2) is 5.13 Å². The summed E-state index contributed by atoms with van der Waals surface area (Å²) in [6, 6.07) is 2.94. The molecule has 0 aliphatic heterocycles. The van der Waals surface area contributed by atoms with E-state index in [1.165, 1.54) is 6.07 Å². The van der Waals surface area contributed by atoms with E-state index in [0.29, 0.717) is 4.88 Å². The van der Waals surface area contributed by atoms with Gasteiger partial charge in [0.1, 0.15) is 0 Å². The average Bonchev–Trinajstić information content (AvgIpc) is 2.14. The normalized spacial score (nSPS) is 8.50. The van der Waals surface area contributed by atoms with Crippen LogP contribution >= 0.6 is 11.3 Å². The van der Waals surface area contributed by atoms with Crippen molar-refractivity contribution in [2.24, 2.45) is 0 Å². The predicted octanol–water partition coefficient (Wildman–Crippen LogP) is 1.87. The van der Waals surface area contributed by atoms with E-state index in [4.69, 9.17) is 6.42 Å². The summed E-state index contributed by atoms with van der Waals surface area (Å²) in [4.78, 5) is 0.641. The Labute approximate surface area is 51.0 Å². The minimum atomic E-state index is -0.224. The standard InChI is InChI=1S/C6H3FS/c1-2-5-3-4-6(7)8-5/h1,3-4H. The Morgan fingerprint density at radius 1 is 1.62 bits per heavy atom.